The predicted octanol–water partition coefficient (Wildman–Crippen LogP) is 3.95. The van der Waals surface area contributed by atoms with E-state index in [4.69, 9.17) is 14.0 Å². The Bertz CT molecular complexity index is 917. The average molecular weight is 349 g/mol. The fourth-order valence-corrected chi connectivity index (χ4v) is 3.06. The van der Waals surface area contributed by atoms with Crippen LogP contribution in [-0.2, 0) is 29.0 Å². The smallest absolute Gasteiger partial charge is 0.310 e. The number of carbonyl (C=O) groups excluding carboxylic acids is 1. The summed E-state index contributed by atoms with van der Waals surface area (Å²) in [6.45, 7) is 2.15. The molecule has 5 nitrogen and oxygen atoms in total. The first kappa shape index (κ1) is 16.4. The molecule has 132 valence electrons. The van der Waals surface area contributed by atoms with E-state index >= 15 is 0 Å². The predicted molar refractivity (Wildman–Crippen MR) is 95.7 cm³/mol. The molecule has 3 aromatic rings. The molecule has 0 saturated carbocycles. The Morgan fingerprint density at radius 2 is 2.04 bits per heavy atom. The Morgan fingerprint density at radius 3 is 2.88 bits per heavy atom. The van der Waals surface area contributed by atoms with Crippen molar-refractivity contribution in [1.29, 1.82) is 0 Å². The molecule has 1 aliphatic rings. The number of rotatable bonds is 5. The van der Waals surface area contributed by atoms with Gasteiger partial charge in [0, 0.05) is 18.1 Å². The average Bonchev–Trinajstić information content (AvgIpc) is 3.25. The number of esters is 1. The van der Waals surface area contributed by atoms with Gasteiger partial charge in [-0.1, -0.05) is 35.5 Å². The maximum Gasteiger partial charge on any atom is 0.310 e. The van der Waals surface area contributed by atoms with E-state index in [1.807, 2.05) is 42.5 Å². The van der Waals surface area contributed by atoms with Crippen molar-refractivity contribution in [3.63, 3.8) is 0 Å². The normalized spacial score (nSPS) is 15.3. The van der Waals surface area contributed by atoms with Gasteiger partial charge in [-0.2, -0.15) is 0 Å². The van der Waals surface area contributed by atoms with Gasteiger partial charge in [0.05, 0.1) is 6.42 Å². The van der Waals surface area contributed by atoms with Crippen LogP contribution in [0.25, 0.3) is 11.3 Å². The van der Waals surface area contributed by atoms with E-state index < -0.39 is 0 Å². The molecule has 4 rings (SSSR count). The summed E-state index contributed by atoms with van der Waals surface area (Å²) in [5.41, 5.74) is 3.62. The molecular formula is C21H19NO4. The Balaban J connectivity index is 1.38. The molecule has 1 aliphatic heterocycles. The number of ether oxygens (including phenoxy) is 2. The summed E-state index contributed by atoms with van der Waals surface area (Å²) in [7, 11) is 0. The van der Waals surface area contributed by atoms with E-state index in [0.29, 0.717) is 11.5 Å². The molecule has 1 unspecified atom stereocenters. The van der Waals surface area contributed by atoms with E-state index in [-0.39, 0.29) is 25.1 Å². The quantitative estimate of drug-likeness (QED) is 0.653. The highest BCUT2D eigenvalue weighted by Crippen LogP contribution is 2.33. The third-order valence-electron chi connectivity index (χ3n) is 4.31. The first-order valence-electron chi connectivity index (χ1n) is 8.62. The third-order valence-corrected chi connectivity index (χ3v) is 4.31. The van der Waals surface area contributed by atoms with E-state index in [2.05, 4.69) is 18.1 Å². The topological polar surface area (TPSA) is 61.6 Å². The molecule has 0 spiro atoms. The molecule has 0 radical (unpaired) electrons. The van der Waals surface area contributed by atoms with Crippen LogP contribution in [0.1, 0.15) is 23.7 Å². The highest BCUT2D eigenvalue weighted by atomic mass is 16.5. The number of benzene rings is 2. The zero-order valence-electron chi connectivity index (χ0n) is 14.5. The van der Waals surface area contributed by atoms with Crippen molar-refractivity contribution in [2.75, 3.05) is 0 Å². The minimum atomic E-state index is -0.288. The lowest BCUT2D eigenvalue weighted by molar-refractivity contribution is -0.144. The maximum absolute atomic E-state index is 11.9. The summed E-state index contributed by atoms with van der Waals surface area (Å²) in [5, 5.41) is 4.00. The van der Waals surface area contributed by atoms with Crippen molar-refractivity contribution in [3.8, 4) is 17.1 Å². The highest BCUT2D eigenvalue weighted by molar-refractivity contribution is 5.72. The van der Waals surface area contributed by atoms with Gasteiger partial charge in [0.1, 0.15) is 24.2 Å². The van der Waals surface area contributed by atoms with Crippen molar-refractivity contribution in [2.45, 2.75) is 32.5 Å². The third kappa shape index (κ3) is 3.61. The van der Waals surface area contributed by atoms with E-state index in [1.165, 1.54) is 5.56 Å². The summed E-state index contributed by atoms with van der Waals surface area (Å²) >= 11 is 0. The highest BCUT2D eigenvalue weighted by Gasteiger charge is 2.20. The molecule has 0 bridgehead atoms. The molecule has 2 aromatic carbocycles. The molecule has 1 atom stereocenters. The minimum Gasteiger partial charge on any atom is -0.490 e. The van der Waals surface area contributed by atoms with Crippen molar-refractivity contribution in [1.82, 2.24) is 5.16 Å². The van der Waals surface area contributed by atoms with Crippen LogP contribution in [0.4, 0.5) is 0 Å². The zero-order chi connectivity index (χ0) is 17.9. The van der Waals surface area contributed by atoms with Crippen LogP contribution in [0.3, 0.4) is 0 Å². The summed E-state index contributed by atoms with van der Waals surface area (Å²) in [4.78, 5) is 11.9. The molecule has 0 aliphatic carbocycles. The van der Waals surface area contributed by atoms with Crippen LogP contribution >= 0.6 is 0 Å². The van der Waals surface area contributed by atoms with Crippen molar-refractivity contribution >= 4 is 5.97 Å². The molecule has 26 heavy (non-hydrogen) atoms. The van der Waals surface area contributed by atoms with Gasteiger partial charge in [0.2, 0.25) is 0 Å². The molecule has 0 saturated heterocycles. The first-order chi connectivity index (χ1) is 12.7. The lowest BCUT2D eigenvalue weighted by atomic mass is 10.1. The largest absolute Gasteiger partial charge is 0.490 e. The number of carbonyl (C=O) groups is 1. The molecule has 0 amide bonds. The number of hydrogen-bond donors (Lipinski definition) is 0. The second-order valence-electron chi connectivity index (χ2n) is 6.46. The van der Waals surface area contributed by atoms with Gasteiger partial charge >= 0.3 is 5.97 Å². The summed E-state index contributed by atoms with van der Waals surface area (Å²) in [6, 6.07) is 17.3. The fourth-order valence-electron chi connectivity index (χ4n) is 3.06. The number of hydrogen-bond acceptors (Lipinski definition) is 5. The Morgan fingerprint density at radius 1 is 1.19 bits per heavy atom. The molecule has 0 N–H and O–H groups in total. The second kappa shape index (κ2) is 7.04. The summed E-state index contributed by atoms with van der Waals surface area (Å²) in [6.07, 6.45) is 1.34. The SMILES string of the molecule is CC1Cc2cc(-c3cc(COC(=O)Cc4ccccc4)no3)ccc2O1. The number of aromatic nitrogens is 1. The van der Waals surface area contributed by atoms with Crippen LogP contribution in [0.5, 0.6) is 5.75 Å². The lowest BCUT2D eigenvalue weighted by Crippen LogP contribution is -2.07. The van der Waals surface area contributed by atoms with E-state index in [9.17, 15) is 4.79 Å². The van der Waals surface area contributed by atoms with Crippen LogP contribution in [0, 0.1) is 0 Å². The molecule has 0 fully saturated rings. The Hall–Kier alpha value is -3.08. The van der Waals surface area contributed by atoms with E-state index in [0.717, 1.165) is 23.3 Å². The maximum atomic E-state index is 11.9. The van der Waals surface area contributed by atoms with E-state index in [1.54, 1.807) is 6.07 Å². The molecular weight excluding hydrogens is 330 g/mol. The van der Waals surface area contributed by atoms with Gasteiger partial charge in [-0.3, -0.25) is 4.79 Å². The fraction of sp³-hybridized carbons (Fsp3) is 0.238. The standard InChI is InChI=1S/C21H19NO4/c1-14-9-17-11-16(7-8-19(17)25-14)20-12-18(22-26-20)13-24-21(23)10-15-5-3-2-4-6-15/h2-8,11-12,14H,9-10,13H2,1H3. The first-order valence-corrected chi connectivity index (χ1v) is 8.62. The molecule has 2 heterocycles. The minimum absolute atomic E-state index is 0.0975. The van der Waals surface area contributed by atoms with Gasteiger partial charge in [-0.25, -0.2) is 0 Å². The Kier molecular flexibility index (Phi) is 4.44. The molecule has 1 aromatic heterocycles. The van der Waals surface area contributed by atoms with Crippen molar-refractivity contribution in [2.24, 2.45) is 0 Å². The summed E-state index contributed by atoms with van der Waals surface area (Å²) in [5.74, 6) is 1.29. The van der Waals surface area contributed by atoms with Crippen LogP contribution in [0.15, 0.2) is 59.1 Å². The van der Waals surface area contributed by atoms with Gasteiger partial charge in [-0.15, -0.1) is 0 Å². The van der Waals surface area contributed by atoms with Gasteiger partial charge in [-0.05, 0) is 36.2 Å². The number of fused-ring (bicyclic) bond motifs is 1. The monoisotopic (exact) mass is 349 g/mol. The van der Waals surface area contributed by atoms with Crippen LogP contribution in [-0.4, -0.2) is 17.2 Å². The van der Waals surface area contributed by atoms with Gasteiger partial charge < -0.3 is 14.0 Å². The lowest BCUT2D eigenvalue weighted by Gasteiger charge is -2.02. The van der Waals surface area contributed by atoms with Crippen molar-refractivity contribution < 1.29 is 18.8 Å². The summed E-state index contributed by atoms with van der Waals surface area (Å²) < 4.78 is 16.4. The van der Waals surface area contributed by atoms with Crippen molar-refractivity contribution in [3.05, 3.63) is 71.4 Å². The van der Waals surface area contributed by atoms with Crippen LogP contribution in [0.2, 0.25) is 0 Å². The van der Waals surface area contributed by atoms with Gasteiger partial charge in [0.25, 0.3) is 0 Å². The second-order valence-corrected chi connectivity index (χ2v) is 6.46. The zero-order valence-corrected chi connectivity index (χ0v) is 14.5. The molecule has 5 heteroatoms. The number of nitrogens with zero attached hydrogens (tertiary/aromatic N) is 1. The van der Waals surface area contributed by atoms with Gasteiger partial charge in [0.15, 0.2) is 5.76 Å². The Labute approximate surface area is 151 Å². The van der Waals surface area contributed by atoms with Crippen LogP contribution < -0.4 is 4.74 Å².